The van der Waals surface area contributed by atoms with E-state index in [1.807, 2.05) is 24.4 Å². The van der Waals surface area contributed by atoms with Gasteiger partial charge >= 0.3 is 0 Å². The predicted molar refractivity (Wildman–Crippen MR) is 109 cm³/mol. The lowest BCUT2D eigenvalue weighted by molar-refractivity contribution is 0.895. The highest BCUT2D eigenvalue weighted by Gasteiger charge is 2.25. The maximum atomic E-state index is 4.48. The molecule has 0 heterocycles. The van der Waals surface area contributed by atoms with Crippen molar-refractivity contribution in [3.63, 3.8) is 0 Å². The molecule has 1 unspecified atom stereocenters. The molecule has 2 aromatic carbocycles. The smallest absolute Gasteiger partial charge is 0.0590 e. The first-order chi connectivity index (χ1) is 12.0. The molecule has 0 aliphatic heterocycles. The van der Waals surface area contributed by atoms with Gasteiger partial charge in [-0.25, -0.2) is 0 Å². The number of nitrogens with zero attached hydrogens (tertiary/aromatic N) is 1. The second-order valence-corrected chi connectivity index (χ2v) is 6.84. The van der Waals surface area contributed by atoms with E-state index in [0.717, 1.165) is 11.3 Å². The van der Waals surface area contributed by atoms with E-state index in [-0.39, 0.29) is 0 Å². The van der Waals surface area contributed by atoms with Crippen LogP contribution in [0.3, 0.4) is 0 Å². The minimum atomic E-state index is 0.457. The number of rotatable bonds is 4. The van der Waals surface area contributed by atoms with E-state index in [1.165, 1.54) is 33.4 Å². The Morgan fingerprint density at radius 1 is 0.880 bits per heavy atom. The van der Waals surface area contributed by atoms with Crippen LogP contribution >= 0.6 is 0 Å². The lowest BCUT2D eigenvalue weighted by Gasteiger charge is -2.15. The fraction of sp³-hybridized carbons (Fsp3) is 0.261. The molecule has 1 aliphatic carbocycles. The Labute approximate surface area is 151 Å². The van der Waals surface area contributed by atoms with Gasteiger partial charge in [0, 0.05) is 11.5 Å². The van der Waals surface area contributed by atoms with Crippen LogP contribution in [0.15, 0.2) is 70.4 Å². The van der Waals surface area contributed by atoms with Crippen molar-refractivity contribution in [2.24, 2.45) is 11.0 Å². The van der Waals surface area contributed by atoms with Crippen molar-refractivity contribution in [2.75, 3.05) is 5.43 Å². The highest BCUT2D eigenvalue weighted by molar-refractivity contribution is 5.92. The lowest BCUT2D eigenvalue weighted by atomic mass is 9.89. The third-order valence-electron chi connectivity index (χ3n) is 5.43. The summed E-state index contributed by atoms with van der Waals surface area (Å²) in [4.78, 5) is 0. The van der Waals surface area contributed by atoms with Crippen LogP contribution in [-0.2, 0) is 0 Å². The molecule has 3 rings (SSSR count). The topological polar surface area (TPSA) is 24.4 Å². The fourth-order valence-corrected chi connectivity index (χ4v) is 3.52. The van der Waals surface area contributed by atoms with Crippen molar-refractivity contribution in [2.45, 2.75) is 34.6 Å². The van der Waals surface area contributed by atoms with Gasteiger partial charge in [0.25, 0.3) is 0 Å². The van der Waals surface area contributed by atoms with Crippen LogP contribution in [0.2, 0.25) is 0 Å². The van der Waals surface area contributed by atoms with Crippen LogP contribution in [0.4, 0.5) is 5.69 Å². The van der Waals surface area contributed by atoms with Gasteiger partial charge in [0.1, 0.15) is 0 Å². The summed E-state index contributed by atoms with van der Waals surface area (Å²) < 4.78 is 0. The van der Waals surface area contributed by atoms with Crippen molar-refractivity contribution in [1.82, 2.24) is 0 Å². The molecule has 0 saturated carbocycles. The Kier molecular flexibility index (Phi) is 4.89. The largest absolute Gasteiger partial charge is 0.278 e. The highest BCUT2D eigenvalue weighted by Crippen LogP contribution is 2.42. The van der Waals surface area contributed by atoms with Gasteiger partial charge in [-0.15, -0.1) is 0 Å². The Morgan fingerprint density at radius 2 is 1.56 bits per heavy atom. The van der Waals surface area contributed by atoms with Crippen LogP contribution in [0.25, 0.3) is 5.57 Å². The number of allylic oxidation sites excluding steroid dienone is 4. The van der Waals surface area contributed by atoms with E-state index in [0.29, 0.717) is 5.92 Å². The summed E-state index contributed by atoms with van der Waals surface area (Å²) >= 11 is 0. The average molecular weight is 330 g/mol. The highest BCUT2D eigenvalue weighted by atomic mass is 15.3. The van der Waals surface area contributed by atoms with Gasteiger partial charge in [-0.3, -0.25) is 5.43 Å². The SMILES string of the molecule is CC1=C(C)C(C)C(c2ccccc2/C=N/Nc2ccccc2C)=C1C. The summed E-state index contributed by atoms with van der Waals surface area (Å²) in [6, 6.07) is 16.7. The molecule has 0 fully saturated rings. The van der Waals surface area contributed by atoms with Crippen molar-refractivity contribution >= 4 is 17.5 Å². The Hall–Kier alpha value is -2.61. The minimum Gasteiger partial charge on any atom is -0.278 e. The van der Waals surface area contributed by atoms with E-state index in [9.17, 15) is 0 Å². The van der Waals surface area contributed by atoms with E-state index < -0.39 is 0 Å². The molecule has 2 heteroatoms. The first kappa shape index (κ1) is 17.2. The molecule has 0 saturated heterocycles. The van der Waals surface area contributed by atoms with Gasteiger partial charge in [0.2, 0.25) is 0 Å². The van der Waals surface area contributed by atoms with Crippen molar-refractivity contribution in [3.05, 3.63) is 81.9 Å². The number of hydrogen-bond donors (Lipinski definition) is 1. The van der Waals surface area contributed by atoms with Gasteiger partial charge in [0.15, 0.2) is 0 Å². The van der Waals surface area contributed by atoms with Crippen molar-refractivity contribution in [1.29, 1.82) is 0 Å². The van der Waals surface area contributed by atoms with Gasteiger partial charge in [-0.05, 0) is 61.6 Å². The molecule has 1 N–H and O–H groups in total. The molecule has 2 aromatic rings. The monoisotopic (exact) mass is 330 g/mol. The summed E-state index contributed by atoms with van der Waals surface area (Å²) in [5.74, 6) is 0.457. The number of nitrogens with one attached hydrogen (secondary N) is 1. The number of aryl methyl sites for hydroxylation is 1. The standard InChI is InChI=1S/C23H26N2/c1-15-10-6-9-13-22(15)25-24-14-20-11-7-8-12-21(20)23-18(4)16(2)17(3)19(23)5/h6-14,18,25H,1-5H3/b24-14+. The Balaban J connectivity index is 1.91. The zero-order valence-corrected chi connectivity index (χ0v) is 15.7. The second-order valence-electron chi connectivity index (χ2n) is 6.84. The molecule has 128 valence electrons. The quantitative estimate of drug-likeness (QED) is 0.524. The number of hydrazone groups is 1. The van der Waals surface area contributed by atoms with Crippen molar-refractivity contribution in [3.8, 4) is 0 Å². The van der Waals surface area contributed by atoms with E-state index in [2.05, 4.69) is 75.5 Å². The van der Waals surface area contributed by atoms with E-state index in [4.69, 9.17) is 0 Å². The van der Waals surface area contributed by atoms with Crippen LogP contribution in [0.1, 0.15) is 44.4 Å². The number of anilines is 1. The normalized spacial score (nSPS) is 17.7. The van der Waals surface area contributed by atoms with Crippen LogP contribution < -0.4 is 5.43 Å². The van der Waals surface area contributed by atoms with E-state index >= 15 is 0 Å². The summed E-state index contributed by atoms with van der Waals surface area (Å²) in [6.07, 6.45) is 1.93. The van der Waals surface area contributed by atoms with Gasteiger partial charge in [-0.1, -0.05) is 55.0 Å². The molecule has 0 aromatic heterocycles. The molecule has 25 heavy (non-hydrogen) atoms. The zero-order chi connectivity index (χ0) is 18.0. The molecule has 2 nitrogen and oxygen atoms in total. The number of hydrogen-bond acceptors (Lipinski definition) is 2. The van der Waals surface area contributed by atoms with Crippen LogP contribution in [0, 0.1) is 12.8 Å². The molecule has 0 radical (unpaired) electrons. The Bertz CT molecular complexity index is 884. The molecular weight excluding hydrogens is 304 g/mol. The summed E-state index contributed by atoms with van der Waals surface area (Å²) in [6.45, 7) is 11.1. The van der Waals surface area contributed by atoms with Crippen LogP contribution in [-0.4, -0.2) is 6.21 Å². The number of benzene rings is 2. The maximum Gasteiger partial charge on any atom is 0.0590 e. The average Bonchev–Trinajstić information content (AvgIpc) is 2.81. The first-order valence-corrected chi connectivity index (χ1v) is 8.83. The number of para-hydroxylation sites is 1. The molecular formula is C23H26N2. The van der Waals surface area contributed by atoms with Crippen LogP contribution in [0.5, 0.6) is 0 Å². The van der Waals surface area contributed by atoms with Gasteiger partial charge in [0.05, 0.1) is 11.9 Å². The van der Waals surface area contributed by atoms with Gasteiger partial charge < -0.3 is 0 Å². The minimum absolute atomic E-state index is 0.457. The summed E-state index contributed by atoms with van der Waals surface area (Å²) in [5.41, 5.74) is 13.5. The van der Waals surface area contributed by atoms with E-state index in [1.54, 1.807) is 0 Å². The molecule has 0 bridgehead atoms. The fourth-order valence-electron chi connectivity index (χ4n) is 3.52. The molecule has 1 aliphatic rings. The predicted octanol–water partition coefficient (Wildman–Crippen LogP) is 6.20. The molecule has 0 spiro atoms. The van der Waals surface area contributed by atoms with Gasteiger partial charge in [-0.2, -0.15) is 5.10 Å². The lowest BCUT2D eigenvalue weighted by Crippen LogP contribution is -2.01. The summed E-state index contributed by atoms with van der Waals surface area (Å²) in [7, 11) is 0. The Morgan fingerprint density at radius 3 is 2.24 bits per heavy atom. The third kappa shape index (κ3) is 3.30. The maximum absolute atomic E-state index is 4.48. The third-order valence-corrected chi connectivity index (χ3v) is 5.43. The molecule has 0 amide bonds. The second kappa shape index (κ2) is 7.10. The first-order valence-electron chi connectivity index (χ1n) is 8.83. The van der Waals surface area contributed by atoms with Crippen molar-refractivity contribution < 1.29 is 0 Å². The summed E-state index contributed by atoms with van der Waals surface area (Å²) in [5, 5.41) is 4.48. The molecule has 1 atom stereocenters. The zero-order valence-electron chi connectivity index (χ0n) is 15.7.